The average molecular weight is 357 g/mol. The van der Waals surface area contributed by atoms with Crippen molar-refractivity contribution in [2.45, 2.75) is 51.6 Å². The number of hydrogen-bond acceptors (Lipinski definition) is 3. The highest BCUT2D eigenvalue weighted by atomic mass is 16.2. The molecule has 3 rings (SSSR count). The first-order valence-electron chi connectivity index (χ1n) is 9.45. The zero-order valence-corrected chi connectivity index (χ0v) is 15.3. The molecule has 1 heterocycles. The molecule has 0 radical (unpaired) electrons. The smallest absolute Gasteiger partial charge is 0.315 e. The van der Waals surface area contributed by atoms with E-state index in [9.17, 15) is 9.59 Å². The summed E-state index contributed by atoms with van der Waals surface area (Å²) in [6, 6.07) is 5.74. The van der Waals surface area contributed by atoms with Crippen LogP contribution >= 0.6 is 0 Å². The highest BCUT2D eigenvalue weighted by Gasteiger charge is 2.16. The first-order valence-corrected chi connectivity index (χ1v) is 9.45. The Morgan fingerprint density at radius 1 is 1.19 bits per heavy atom. The number of benzene rings is 1. The lowest BCUT2D eigenvalue weighted by atomic mass is 10.2. The van der Waals surface area contributed by atoms with Gasteiger partial charge in [-0.15, -0.1) is 0 Å². The number of hydrogen-bond donors (Lipinski definition) is 3. The van der Waals surface area contributed by atoms with Gasteiger partial charge in [0.2, 0.25) is 0 Å². The summed E-state index contributed by atoms with van der Waals surface area (Å²) >= 11 is 0. The van der Waals surface area contributed by atoms with Gasteiger partial charge in [-0.1, -0.05) is 19.8 Å². The van der Waals surface area contributed by atoms with Gasteiger partial charge >= 0.3 is 6.03 Å². The maximum Gasteiger partial charge on any atom is 0.315 e. The Hall–Kier alpha value is -2.57. The minimum Gasteiger partial charge on any atom is -0.352 e. The van der Waals surface area contributed by atoms with E-state index in [1.807, 2.05) is 23.6 Å². The summed E-state index contributed by atoms with van der Waals surface area (Å²) in [6.07, 6.45) is 7.20. The number of aromatic nitrogens is 2. The van der Waals surface area contributed by atoms with Gasteiger partial charge in [0.1, 0.15) is 0 Å². The molecule has 1 aliphatic carbocycles. The van der Waals surface area contributed by atoms with Crippen LogP contribution in [-0.4, -0.2) is 40.6 Å². The van der Waals surface area contributed by atoms with E-state index in [2.05, 4.69) is 20.9 Å². The fourth-order valence-electron chi connectivity index (χ4n) is 3.32. The molecule has 3 N–H and O–H groups in total. The van der Waals surface area contributed by atoms with Crippen LogP contribution < -0.4 is 16.0 Å². The summed E-state index contributed by atoms with van der Waals surface area (Å²) in [5.74, 6) is -0.0754. The van der Waals surface area contributed by atoms with Gasteiger partial charge in [-0.05, 0) is 37.5 Å². The molecule has 0 bridgehead atoms. The van der Waals surface area contributed by atoms with Gasteiger partial charge in [-0.25, -0.2) is 9.78 Å². The van der Waals surface area contributed by atoms with Crippen molar-refractivity contribution in [2.24, 2.45) is 0 Å². The molecule has 7 heteroatoms. The SMILES string of the molecule is CCCNC(=O)c1ccc2c(c1)ncn2CCNC(=O)NC1CCCC1. The molecule has 0 aliphatic heterocycles. The first kappa shape index (κ1) is 18.2. The first-order chi connectivity index (χ1) is 12.7. The fraction of sp³-hybridized carbons (Fsp3) is 0.526. The minimum atomic E-state index is -0.101. The largest absolute Gasteiger partial charge is 0.352 e. The van der Waals surface area contributed by atoms with Crippen LogP contribution in [-0.2, 0) is 6.54 Å². The van der Waals surface area contributed by atoms with E-state index in [0.29, 0.717) is 31.2 Å². The number of urea groups is 1. The van der Waals surface area contributed by atoms with Crippen molar-refractivity contribution >= 4 is 23.0 Å². The molecule has 0 atom stereocenters. The molecule has 140 valence electrons. The van der Waals surface area contributed by atoms with Crippen LogP contribution in [0.5, 0.6) is 0 Å². The van der Waals surface area contributed by atoms with Crippen molar-refractivity contribution in [3.63, 3.8) is 0 Å². The molecule has 1 saturated carbocycles. The van der Waals surface area contributed by atoms with Crippen LogP contribution in [0.3, 0.4) is 0 Å². The zero-order chi connectivity index (χ0) is 18.4. The molecule has 26 heavy (non-hydrogen) atoms. The molecule has 0 unspecified atom stereocenters. The van der Waals surface area contributed by atoms with Crippen molar-refractivity contribution in [1.82, 2.24) is 25.5 Å². The van der Waals surface area contributed by atoms with Crippen LogP contribution in [0, 0.1) is 0 Å². The van der Waals surface area contributed by atoms with E-state index in [4.69, 9.17) is 0 Å². The lowest BCUT2D eigenvalue weighted by Crippen LogP contribution is -2.41. The Labute approximate surface area is 153 Å². The highest BCUT2D eigenvalue weighted by molar-refractivity contribution is 5.97. The molecular formula is C19H27N5O2. The number of rotatable bonds is 7. The maximum atomic E-state index is 12.0. The number of imidazole rings is 1. The molecule has 1 aromatic carbocycles. The standard InChI is InChI=1S/C19H27N5O2/c1-2-9-20-18(25)14-7-8-17-16(12-14)22-13-24(17)11-10-21-19(26)23-15-5-3-4-6-15/h7-8,12-13,15H,2-6,9-11H2,1H3,(H,20,25)(H2,21,23,26). The number of carbonyl (C=O) groups excluding carboxylic acids is 2. The van der Waals surface area contributed by atoms with E-state index >= 15 is 0 Å². The molecular weight excluding hydrogens is 330 g/mol. The van der Waals surface area contributed by atoms with E-state index in [1.54, 1.807) is 12.4 Å². The van der Waals surface area contributed by atoms with E-state index in [-0.39, 0.29) is 11.9 Å². The zero-order valence-electron chi connectivity index (χ0n) is 15.3. The predicted octanol–water partition coefficient (Wildman–Crippen LogP) is 2.42. The van der Waals surface area contributed by atoms with Crippen molar-refractivity contribution in [1.29, 1.82) is 0 Å². The molecule has 1 aliphatic rings. The Bertz CT molecular complexity index is 764. The van der Waals surface area contributed by atoms with Gasteiger partial charge in [0, 0.05) is 31.2 Å². The Balaban J connectivity index is 1.53. The van der Waals surface area contributed by atoms with Gasteiger partial charge in [0.25, 0.3) is 5.91 Å². The number of amides is 3. The van der Waals surface area contributed by atoms with E-state index in [0.717, 1.165) is 30.3 Å². The third kappa shape index (κ3) is 4.53. The quantitative estimate of drug-likeness (QED) is 0.711. The summed E-state index contributed by atoms with van der Waals surface area (Å²) in [7, 11) is 0. The second-order valence-electron chi connectivity index (χ2n) is 6.78. The molecule has 0 spiro atoms. The third-order valence-electron chi connectivity index (χ3n) is 4.75. The Kier molecular flexibility index (Phi) is 6.09. The van der Waals surface area contributed by atoms with Gasteiger partial charge in [-0.3, -0.25) is 4.79 Å². The highest BCUT2D eigenvalue weighted by Crippen LogP contribution is 2.17. The van der Waals surface area contributed by atoms with Crippen molar-refractivity contribution in [3.8, 4) is 0 Å². The molecule has 3 amide bonds. The van der Waals surface area contributed by atoms with Crippen LogP contribution in [0.1, 0.15) is 49.4 Å². The number of fused-ring (bicyclic) bond motifs is 1. The normalized spacial score (nSPS) is 14.5. The van der Waals surface area contributed by atoms with Gasteiger partial charge in [-0.2, -0.15) is 0 Å². The van der Waals surface area contributed by atoms with Crippen molar-refractivity contribution < 1.29 is 9.59 Å². The van der Waals surface area contributed by atoms with Gasteiger partial charge < -0.3 is 20.5 Å². The summed E-state index contributed by atoms with van der Waals surface area (Å²) in [5.41, 5.74) is 2.35. The molecule has 1 fully saturated rings. The summed E-state index contributed by atoms with van der Waals surface area (Å²) in [6.45, 7) is 3.85. The van der Waals surface area contributed by atoms with Crippen LogP contribution in [0.25, 0.3) is 11.0 Å². The second-order valence-corrected chi connectivity index (χ2v) is 6.78. The van der Waals surface area contributed by atoms with Gasteiger partial charge in [0.15, 0.2) is 0 Å². The fourth-order valence-corrected chi connectivity index (χ4v) is 3.32. The lowest BCUT2D eigenvalue weighted by Gasteiger charge is -2.13. The summed E-state index contributed by atoms with van der Waals surface area (Å²) in [5, 5.41) is 8.78. The maximum absolute atomic E-state index is 12.0. The molecule has 0 saturated heterocycles. The van der Waals surface area contributed by atoms with E-state index in [1.165, 1.54) is 12.8 Å². The van der Waals surface area contributed by atoms with E-state index < -0.39 is 0 Å². The Morgan fingerprint density at radius 2 is 2.00 bits per heavy atom. The molecule has 7 nitrogen and oxygen atoms in total. The monoisotopic (exact) mass is 357 g/mol. The molecule has 2 aromatic rings. The van der Waals surface area contributed by atoms with Crippen molar-refractivity contribution in [2.75, 3.05) is 13.1 Å². The van der Waals surface area contributed by atoms with Crippen LogP contribution in [0.15, 0.2) is 24.5 Å². The average Bonchev–Trinajstić information content (AvgIpc) is 3.29. The topological polar surface area (TPSA) is 88.1 Å². The number of nitrogens with zero attached hydrogens (tertiary/aromatic N) is 2. The summed E-state index contributed by atoms with van der Waals surface area (Å²) in [4.78, 5) is 28.3. The van der Waals surface area contributed by atoms with Crippen LogP contribution in [0.4, 0.5) is 4.79 Å². The summed E-state index contributed by atoms with van der Waals surface area (Å²) < 4.78 is 1.99. The predicted molar refractivity (Wildman–Crippen MR) is 101 cm³/mol. The minimum absolute atomic E-state index is 0.0754. The molecule has 1 aromatic heterocycles. The number of nitrogens with one attached hydrogen (secondary N) is 3. The van der Waals surface area contributed by atoms with Crippen LogP contribution in [0.2, 0.25) is 0 Å². The lowest BCUT2D eigenvalue weighted by molar-refractivity contribution is 0.0953. The third-order valence-corrected chi connectivity index (χ3v) is 4.75. The Morgan fingerprint density at radius 3 is 2.77 bits per heavy atom. The number of carbonyl (C=O) groups is 2. The second kappa shape index (κ2) is 8.69. The van der Waals surface area contributed by atoms with Gasteiger partial charge in [0.05, 0.1) is 17.4 Å². The van der Waals surface area contributed by atoms with Crippen molar-refractivity contribution in [3.05, 3.63) is 30.1 Å².